The second kappa shape index (κ2) is 5.39. The molecule has 2 rings (SSSR count). The zero-order valence-corrected chi connectivity index (χ0v) is 10.9. The van der Waals surface area contributed by atoms with E-state index in [2.05, 4.69) is 24.1 Å². The average Bonchev–Trinajstić information content (AvgIpc) is 2.34. The van der Waals surface area contributed by atoms with Crippen LogP contribution in [0.5, 0.6) is 5.88 Å². The third-order valence-corrected chi connectivity index (χ3v) is 3.88. The fraction of sp³-hybridized carbons (Fsp3) is 0.643. The normalized spacial score (nSPS) is 28.8. The maximum atomic E-state index is 5.13. The quantitative estimate of drug-likeness (QED) is 0.871. The molecular formula is C14H22N2O. The zero-order valence-electron chi connectivity index (χ0n) is 10.9. The molecule has 3 unspecified atom stereocenters. The maximum Gasteiger partial charge on any atom is 0.214 e. The lowest BCUT2D eigenvalue weighted by Gasteiger charge is -2.32. The molecule has 0 radical (unpaired) electrons. The number of rotatable bonds is 3. The first-order chi connectivity index (χ1) is 8.19. The molecule has 1 aliphatic rings. The first kappa shape index (κ1) is 12.2. The van der Waals surface area contributed by atoms with Gasteiger partial charge in [0.15, 0.2) is 0 Å². The minimum absolute atomic E-state index is 0.556. The monoisotopic (exact) mass is 234 g/mol. The predicted octanol–water partition coefficient (Wildman–Crippen LogP) is 3.33. The number of hydrogen-bond acceptors (Lipinski definition) is 3. The Labute approximate surface area is 104 Å². The lowest BCUT2D eigenvalue weighted by atomic mass is 9.79. The number of nitrogens with one attached hydrogen (secondary N) is 1. The molecule has 3 nitrogen and oxygen atoms in total. The van der Waals surface area contributed by atoms with Crippen LogP contribution in [0.25, 0.3) is 0 Å². The van der Waals surface area contributed by atoms with Crippen LogP contribution >= 0.6 is 0 Å². The lowest BCUT2D eigenvalue weighted by Crippen LogP contribution is -2.30. The van der Waals surface area contributed by atoms with Crippen molar-refractivity contribution in [3.8, 4) is 5.88 Å². The van der Waals surface area contributed by atoms with Gasteiger partial charge in [-0.2, -0.15) is 4.98 Å². The molecule has 1 fully saturated rings. The highest BCUT2D eigenvalue weighted by Gasteiger charge is 2.24. The van der Waals surface area contributed by atoms with Gasteiger partial charge in [0.25, 0.3) is 0 Å². The molecule has 1 heterocycles. The Hall–Kier alpha value is -1.25. The SMILES string of the molecule is COc1cccc(NC2CCC(C)C(C)C2)n1. The molecule has 1 aromatic heterocycles. The smallest absolute Gasteiger partial charge is 0.214 e. The highest BCUT2D eigenvalue weighted by atomic mass is 16.5. The maximum absolute atomic E-state index is 5.13. The van der Waals surface area contributed by atoms with Crippen LogP contribution in [0.2, 0.25) is 0 Å². The van der Waals surface area contributed by atoms with E-state index < -0.39 is 0 Å². The van der Waals surface area contributed by atoms with Crippen molar-refractivity contribution < 1.29 is 4.74 Å². The summed E-state index contributed by atoms with van der Waals surface area (Å²) in [5.41, 5.74) is 0. The van der Waals surface area contributed by atoms with E-state index in [0.717, 1.165) is 17.7 Å². The third-order valence-electron chi connectivity index (χ3n) is 3.88. The molecular weight excluding hydrogens is 212 g/mol. The van der Waals surface area contributed by atoms with Crippen LogP contribution in [0.4, 0.5) is 5.82 Å². The molecule has 1 aromatic rings. The molecule has 17 heavy (non-hydrogen) atoms. The number of aromatic nitrogens is 1. The van der Waals surface area contributed by atoms with E-state index in [0.29, 0.717) is 11.9 Å². The summed E-state index contributed by atoms with van der Waals surface area (Å²) in [6.45, 7) is 4.70. The highest BCUT2D eigenvalue weighted by molar-refractivity contribution is 5.38. The predicted molar refractivity (Wildman–Crippen MR) is 70.4 cm³/mol. The van der Waals surface area contributed by atoms with Gasteiger partial charge in [-0.1, -0.05) is 19.9 Å². The molecule has 1 N–H and O–H groups in total. The van der Waals surface area contributed by atoms with Gasteiger partial charge < -0.3 is 10.1 Å². The summed E-state index contributed by atoms with van der Waals surface area (Å²) in [6, 6.07) is 6.41. The molecule has 0 spiro atoms. The molecule has 0 bridgehead atoms. The molecule has 3 heteroatoms. The Morgan fingerprint density at radius 1 is 1.24 bits per heavy atom. The third kappa shape index (κ3) is 3.11. The van der Waals surface area contributed by atoms with Crippen molar-refractivity contribution in [3.05, 3.63) is 18.2 Å². The van der Waals surface area contributed by atoms with Crippen molar-refractivity contribution in [2.24, 2.45) is 11.8 Å². The highest BCUT2D eigenvalue weighted by Crippen LogP contribution is 2.30. The molecule has 0 amide bonds. The van der Waals surface area contributed by atoms with Gasteiger partial charge in [-0.15, -0.1) is 0 Å². The number of pyridine rings is 1. The molecule has 94 valence electrons. The minimum Gasteiger partial charge on any atom is -0.481 e. The van der Waals surface area contributed by atoms with Crippen LogP contribution < -0.4 is 10.1 Å². The first-order valence-electron chi connectivity index (χ1n) is 6.46. The summed E-state index contributed by atoms with van der Waals surface area (Å²) < 4.78 is 5.13. The topological polar surface area (TPSA) is 34.1 Å². The minimum atomic E-state index is 0.556. The van der Waals surface area contributed by atoms with E-state index in [1.807, 2.05) is 18.2 Å². The Morgan fingerprint density at radius 2 is 2.06 bits per heavy atom. The summed E-state index contributed by atoms with van der Waals surface area (Å²) in [7, 11) is 1.65. The first-order valence-corrected chi connectivity index (χ1v) is 6.46. The molecule has 0 aromatic carbocycles. The zero-order chi connectivity index (χ0) is 12.3. The van der Waals surface area contributed by atoms with Crippen molar-refractivity contribution in [2.75, 3.05) is 12.4 Å². The summed E-state index contributed by atoms with van der Waals surface area (Å²) in [6.07, 6.45) is 3.78. The van der Waals surface area contributed by atoms with Crippen LogP contribution in [0.1, 0.15) is 33.1 Å². The van der Waals surface area contributed by atoms with Gasteiger partial charge in [-0.3, -0.25) is 0 Å². The van der Waals surface area contributed by atoms with Crippen LogP contribution in [-0.4, -0.2) is 18.1 Å². The van der Waals surface area contributed by atoms with Gasteiger partial charge in [-0.25, -0.2) is 0 Å². The Bertz CT molecular complexity index is 367. The lowest BCUT2D eigenvalue weighted by molar-refractivity contribution is 0.260. The number of nitrogens with zero attached hydrogens (tertiary/aromatic N) is 1. The molecule has 0 aliphatic heterocycles. The van der Waals surface area contributed by atoms with Crippen LogP contribution in [0, 0.1) is 11.8 Å². The van der Waals surface area contributed by atoms with E-state index in [9.17, 15) is 0 Å². The second-order valence-corrected chi connectivity index (χ2v) is 5.17. The average molecular weight is 234 g/mol. The van der Waals surface area contributed by atoms with E-state index >= 15 is 0 Å². The van der Waals surface area contributed by atoms with Crippen LogP contribution in [-0.2, 0) is 0 Å². The van der Waals surface area contributed by atoms with Gasteiger partial charge in [0.2, 0.25) is 5.88 Å². The fourth-order valence-electron chi connectivity index (χ4n) is 2.50. The number of anilines is 1. The van der Waals surface area contributed by atoms with Gasteiger partial charge in [0, 0.05) is 12.1 Å². The van der Waals surface area contributed by atoms with Gasteiger partial charge >= 0.3 is 0 Å². The Kier molecular flexibility index (Phi) is 3.87. The van der Waals surface area contributed by atoms with E-state index in [1.54, 1.807) is 7.11 Å². The standard InChI is InChI=1S/C14H22N2O/c1-10-7-8-12(9-11(10)2)15-13-5-4-6-14(16-13)17-3/h4-6,10-12H,7-9H2,1-3H3,(H,15,16). The molecule has 1 aliphatic carbocycles. The second-order valence-electron chi connectivity index (χ2n) is 5.17. The van der Waals surface area contributed by atoms with Crippen molar-refractivity contribution in [3.63, 3.8) is 0 Å². The van der Waals surface area contributed by atoms with Crippen molar-refractivity contribution in [1.82, 2.24) is 4.98 Å². The molecule has 0 saturated heterocycles. The fourth-order valence-corrected chi connectivity index (χ4v) is 2.50. The van der Waals surface area contributed by atoms with Crippen LogP contribution in [0.15, 0.2) is 18.2 Å². The van der Waals surface area contributed by atoms with E-state index in [1.165, 1.54) is 19.3 Å². The Morgan fingerprint density at radius 3 is 2.76 bits per heavy atom. The summed E-state index contributed by atoms with van der Waals surface area (Å²) in [5, 5.41) is 3.52. The number of hydrogen-bond donors (Lipinski definition) is 1. The summed E-state index contributed by atoms with van der Waals surface area (Å²) in [4.78, 5) is 4.40. The van der Waals surface area contributed by atoms with E-state index in [-0.39, 0.29) is 0 Å². The largest absolute Gasteiger partial charge is 0.481 e. The number of ether oxygens (including phenoxy) is 1. The summed E-state index contributed by atoms with van der Waals surface area (Å²) >= 11 is 0. The molecule has 3 atom stereocenters. The van der Waals surface area contributed by atoms with Crippen molar-refractivity contribution >= 4 is 5.82 Å². The number of methoxy groups -OCH3 is 1. The summed E-state index contributed by atoms with van der Waals surface area (Å²) in [5.74, 6) is 3.25. The van der Waals surface area contributed by atoms with Gasteiger partial charge in [0.05, 0.1) is 7.11 Å². The van der Waals surface area contributed by atoms with Gasteiger partial charge in [-0.05, 0) is 37.2 Å². The van der Waals surface area contributed by atoms with Crippen LogP contribution in [0.3, 0.4) is 0 Å². The van der Waals surface area contributed by atoms with Crippen molar-refractivity contribution in [2.45, 2.75) is 39.2 Å². The van der Waals surface area contributed by atoms with E-state index in [4.69, 9.17) is 4.74 Å². The van der Waals surface area contributed by atoms with Gasteiger partial charge in [0.1, 0.15) is 5.82 Å². The molecule has 1 saturated carbocycles. The van der Waals surface area contributed by atoms with Crippen molar-refractivity contribution in [1.29, 1.82) is 0 Å². The Balaban J connectivity index is 1.96.